The van der Waals surface area contributed by atoms with Gasteiger partial charge in [0.15, 0.2) is 11.7 Å². The van der Waals surface area contributed by atoms with E-state index in [0.29, 0.717) is 16.7 Å². The van der Waals surface area contributed by atoms with Gasteiger partial charge in [-0.2, -0.15) is 0 Å². The summed E-state index contributed by atoms with van der Waals surface area (Å²) in [6, 6.07) is 27.6. The molecule has 0 heterocycles. The van der Waals surface area contributed by atoms with Crippen molar-refractivity contribution >= 4 is 6.47 Å². The zero-order valence-corrected chi connectivity index (χ0v) is 13.0. The Morgan fingerprint density at radius 2 is 1.17 bits per heavy atom. The second-order valence-electron chi connectivity index (χ2n) is 5.49. The first-order valence-corrected chi connectivity index (χ1v) is 7.68. The van der Waals surface area contributed by atoms with Crippen LogP contribution in [0.4, 0.5) is 0 Å². The zero-order valence-electron chi connectivity index (χ0n) is 13.0. The first-order chi connectivity index (χ1) is 11.8. The van der Waals surface area contributed by atoms with E-state index in [9.17, 15) is 9.90 Å². The molecule has 0 aliphatic heterocycles. The summed E-state index contributed by atoms with van der Waals surface area (Å²) in [6.07, 6.45) is -0.916. The van der Waals surface area contributed by atoms with Crippen LogP contribution in [-0.4, -0.2) is 11.6 Å². The second-order valence-corrected chi connectivity index (χ2v) is 5.49. The minimum Gasteiger partial charge on any atom is -0.445 e. The summed E-state index contributed by atoms with van der Waals surface area (Å²) in [5, 5.41) is 11.7. The van der Waals surface area contributed by atoms with E-state index in [-0.39, 0.29) is 0 Å². The summed E-state index contributed by atoms with van der Waals surface area (Å²) in [4.78, 5) is 11.0. The third-order valence-corrected chi connectivity index (χ3v) is 4.08. The lowest BCUT2D eigenvalue weighted by molar-refractivity contribution is -0.0448. The average Bonchev–Trinajstić information content (AvgIpc) is 2.67. The van der Waals surface area contributed by atoms with Crippen LogP contribution in [0.1, 0.15) is 22.8 Å². The number of hydrogen-bond acceptors (Lipinski definition) is 3. The molecule has 24 heavy (non-hydrogen) atoms. The standard InChI is InChI=1S/C21H17O3/c22-16-24-20(17-10-4-1-5-11-17)21(23,18-12-6-2-7-13-18)19-14-8-3-9-15-19/h1-15,20,23H. The van der Waals surface area contributed by atoms with Crippen molar-refractivity contribution in [3.8, 4) is 0 Å². The molecular formula is C21H17O3. The summed E-state index contributed by atoms with van der Waals surface area (Å²) in [6.45, 7) is 1.50. The number of benzene rings is 3. The van der Waals surface area contributed by atoms with Gasteiger partial charge >= 0.3 is 6.47 Å². The highest BCUT2D eigenvalue weighted by atomic mass is 16.5. The minimum atomic E-state index is -1.53. The molecule has 0 saturated carbocycles. The van der Waals surface area contributed by atoms with E-state index in [0.717, 1.165) is 0 Å². The van der Waals surface area contributed by atoms with Crippen molar-refractivity contribution in [3.05, 3.63) is 108 Å². The molecule has 0 spiro atoms. The Morgan fingerprint density at radius 1 is 0.750 bits per heavy atom. The third-order valence-electron chi connectivity index (χ3n) is 4.08. The summed E-state index contributed by atoms with van der Waals surface area (Å²) in [5.74, 6) is 0. The Balaban J connectivity index is 2.21. The Hall–Kier alpha value is -2.91. The number of ether oxygens (including phenoxy) is 1. The average molecular weight is 317 g/mol. The zero-order chi connectivity index (χ0) is 16.8. The highest BCUT2D eigenvalue weighted by Crippen LogP contribution is 2.42. The van der Waals surface area contributed by atoms with Gasteiger partial charge in [-0.1, -0.05) is 91.0 Å². The molecule has 1 atom stereocenters. The van der Waals surface area contributed by atoms with Gasteiger partial charge in [0, 0.05) is 0 Å². The van der Waals surface area contributed by atoms with Crippen LogP contribution in [0, 0.1) is 0 Å². The van der Waals surface area contributed by atoms with Crippen LogP contribution in [-0.2, 0) is 15.1 Å². The maximum absolute atomic E-state index is 11.7. The van der Waals surface area contributed by atoms with Crippen molar-refractivity contribution in [3.63, 3.8) is 0 Å². The monoisotopic (exact) mass is 317 g/mol. The van der Waals surface area contributed by atoms with Gasteiger partial charge in [0.25, 0.3) is 0 Å². The molecule has 1 unspecified atom stereocenters. The van der Waals surface area contributed by atoms with Gasteiger partial charge in [-0.25, -0.2) is 4.79 Å². The number of hydrogen-bond donors (Lipinski definition) is 1. The Labute approximate surface area is 141 Å². The van der Waals surface area contributed by atoms with Crippen LogP contribution in [0.3, 0.4) is 0 Å². The molecule has 3 heteroatoms. The molecular weight excluding hydrogens is 300 g/mol. The molecule has 0 aromatic heterocycles. The van der Waals surface area contributed by atoms with Crippen LogP contribution in [0.25, 0.3) is 0 Å². The van der Waals surface area contributed by atoms with Gasteiger partial charge in [-0.15, -0.1) is 0 Å². The van der Waals surface area contributed by atoms with Gasteiger partial charge in [0.1, 0.15) is 0 Å². The van der Waals surface area contributed by atoms with Gasteiger partial charge < -0.3 is 9.84 Å². The largest absolute Gasteiger partial charge is 0.445 e. The van der Waals surface area contributed by atoms with Crippen molar-refractivity contribution in [2.45, 2.75) is 11.7 Å². The summed E-state index contributed by atoms with van der Waals surface area (Å²) < 4.78 is 5.25. The predicted octanol–water partition coefficient (Wildman–Crippen LogP) is 3.75. The summed E-state index contributed by atoms with van der Waals surface area (Å²) >= 11 is 0. The molecule has 3 nitrogen and oxygen atoms in total. The lowest BCUT2D eigenvalue weighted by Gasteiger charge is -2.35. The molecule has 3 aromatic carbocycles. The molecule has 0 saturated heterocycles. The van der Waals surface area contributed by atoms with Crippen molar-refractivity contribution in [2.75, 3.05) is 0 Å². The van der Waals surface area contributed by atoms with E-state index in [1.165, 1.54) is 6.47 Å². The first-order valence-electron chi connectivity index (χ1n) is 7.68. The fourth-order valence-corrected chi connectivity index (χ4v) is 2.92. The van der Waals surface area contributed by atoms with E-state index >= 15 is 0 Å². The molecule has 3 aromatic rings. The maximum atomic E-state index is 11.7. The van der Waals surface area contributed by atoms with E-state index in [1.54, 1.807) is 0 Å². The van der Waals surface area contributed by atoms with Crippen molar-refractivity contribution < 1.29 is 14.6 Å². The van der Waals surface area contributed by atoms with Crippen LogP contribution >= 0.6 is 0 Å². The topological polar surface area (TPSA) is 46.5 Å². The molecule has 119 valence electrons. The fraction of sp³-hybridized carbons (Fsp3) is 0.0952. The SMILES string of the molecule is O=[C]OC(c1ccccc1)C(O)(c1ccccc1)c1ccccc1. The van der Waals surface area contributed by atoms with Crippen LogP contribution in [0.2, 0.25) is 0 Å². The highest BCUT2D eigenvalue weighted by Gasteiger charge is 2.43. The molecule has 0 aliphatic rings. The third kappa shape index (κ3) is 2.94. The molecule has 0 fully saturated rings. The number of aliphatic hydroxyl groups is 1. The van der Waals surface area contributed by atoms with E-state index in [1.807, 2.05) is 91.0 Å². The summed E-state index contributed by atoms with van der Waals surface area (Å²) in [7, 11) is 0. The quantitative estimate of drug-likeness (QED) is 0.753. The van der Waals surface area contributed by atoms with Crippen molar-refractivity contribution in [1.29, 1.82) is 0 Å². The lowest BCUT2D eigenvalue weighted by Crippen LogP contribution is -2.36. The number of rotatable bonds is 6. The molecule has 3 rings (SSSR count). The Morgan fingerprint density at radius 3 is 1.58 bits per heavy atom. The van der Waals surface area contributed by atoms with Gasteiger partial charge in [-0.05, 0) is 16.7 Å². The first kappa shape index (κ1) is 16.0. The molecule has 1 radical (unpaired) electrons. The smallest absolute Gasteiger partial charge is 0.418 e. The van der Waals surface area contributed by atoms with Crippen molar-refractivity contribution in [1.82, 2.24) is 0 Å². The lowest BCUT2D eigenvalue weighted by atomic mass is 9.79. The predicted molar refractivity (Wildman–Crippen MR) is 91.8 cm³/mol. The van der Waals surface area contributed by atoms with Crippen LogP contribution in [0.5, 0.6) is 0 Å². The van der Waals surface area contributed by atoms with Crippen molar-refractivity contribution in [2.24, 2.45) is 0 Å². The van der Waals surface area contributed by atoms with Gasteiger partial charge in [0.2, 0.25) is 0 Å². The molecule has 0 bridgehead atoms. The highest BCUT2D eigenvalue weighted by molar-refractivity contribution is 5.45. The Bertz CT molecular complexity index is 730. The van der Waals surface area contributed by atoms with Crippen LogP contribution < -0.4 is 0 Å². The normalized spacial score (nSPS) is 12.4. The summed E-state index contributed by atoms with van der Waals surface area (Å²) in [5.41, 5.74) is 0.443. The molecule has 1 N–H and O–H groups in total. The van der Waals surface area contributed by atoms with Gasteiger partial charge in [0.05, 0.1) is 0 Å². The number of carbonyl (C=O) groups excluding carboxylic acids is 1. The van der Waals surface area contributed by atoms with E-state index < -0.39 is 11.7 Å². The second kappa shape index (κ2) is 7.11. The van der Waals surface area contributed by atoms with E-state index in [4.69, 9.17) is 4.74 Å². The molecule has 0 aliphatic carbocycles. The molecule has 0 amide bonds. The van der Waals surface area contributed by atoms with Crippen LogP contribution in [0.15, 0.2) is 91.0 Å². The van der Waals surface area contributed by atoms with E-state index in [2.05, 4.69) is 0 Å². The van der Waals surface area contributed by atoms with Gasteiger partial charge in [-0.3, -0.25) is 0 Å². The minimum absolute atomic E-state index is 0.639. The fourth-order valence-electron chi connectivity index (χ4n) is 2.92. The maximum Gasteiger partial charge on any atom is 0.418 e. The Kier molecular flexibility index (Phi) is 4.73.